The van der Waals surface area contributed by atoms with Crippen LogP contribution in [0, 0.1) is 12.7 Å². The molecule has 0 N–H and O–H groups in total. The van der Waals surface area contributed by atoms with Crippen LogP contribution in [0.1, 0.15) is 57.2 Å². The van der Waals surface area contributed by atoms with E-state index in [0.29, 0.717) is 0 Å². The predicted octanol–water partition coefficient (Wildman–Crippen LogP) is 9.01. The molecule has 5 aromatic rings. The molecule has 2 heterocycles. The highest BCUT2D eigenvalue weighted by atomic mass is 32.1. The molecule has 36 heavy (non-hydrogen) atoms. The number of aryl methyl sites for hydroxylation is 2. The van der Waals surface area contributed by atoms with E-state index in [1.165, 1.54) is 44.5 Å². The van der Waals surface area contributed by atoms with Gasteiger partial charge in [0, 0.05) is 37.9 Å². The van der Waals surface area contributed by atoms with Crippen LogP contribution >= 0.6 is 11.3 Å². The van der Waals surface area contributed by atoms with Crippen LogP contribution < -0.4 is 4.57 Å². The molecule has 182 valence electrons. The molecule has 0 saturated carbocycles. The quantitative estimate of drug-likeness (QED) is 0.216. The maximum absolute atomic E-state index is 15.7. The molecule has 0 aliphatic heterocycles. The van der Waals surface area contributed by atoms with Crippen molar-refractivity contribution in [1.82, 2.24) is 0 Å². The minimum absolute atomic E-state index is 0.0811. The van der Waals surface area contributed by atoms with E-state index in [4.69, 9.17) is 0 Å². The van der Waals surface area contributed by atoms with Crippen LogP contribution in [0.3, 0.4) is 0 Å². The van der Waals surface area contributed by atoms with Crippen LogP contribution in [0.15, 0.2) is 66.9 Å². The number of hydrogen-bond acceptors (Lipinski definition) is 1. The summed E-state index contributed by atoms with van der Waals surface area (Å²) in [7, 11) is 2.09. The average Bonchev–Trinajstić information content (AvgIpc) is 3.21. The van der Waals surface area contributed by atoms with E-state index in [-0.39, 0.29) is 16.6 Å². The van der Waals surface area contributed by atoms with Crippen LogP contribution in [0.25, 0.3) is 42.6 Å². The van der Waals surface area contributed by atoms with Crippen LogP contribution in [0.5, 0.6) is 0 Å². The molecule has 0 unspecified atom stereocenters. The van der Waals surface area contributed by atoms with Gasteiger partial charge >= 0.3 is 0 Å². The monoisotopic (exact) mass is 494 g/mol. The fraction of sp³-hybridized carbons (Fsp3) is 0.303. The third kappa shape index (κ3) is 3.43. The normalized spacial score (nSPS) is 16.4. The van der Waals surface area contributed by atoms with Gasteiger partial charge in [-0.3, -0.25) is 0 Å². The molecule has 1 aliphatic carbocycles. The minimum Gasteiger partial charge on any atom is -0.206 e. The lowest BCUT2D eigenvalue weighted by Gasteiger charge is -2.42. The summed E-state index contributed by atoms with van der Waals surface area (Å²) in [5.74, 6) is -0.148. The summed E-state index contributed by atoms with van der Waals surface area (Å²) in [6, 6.07) is 21.0. The summed E-state index contributed by atoms with van der Waals surface area (Å²) in [4.78, 5) is 0. The molecular weight excluding hydrogens is 461 g/mol. The second-order valence-electron chi connectivity index (χ2n) is 11.8. The molecule has 1 nitrogen and oxygen atoms in total. The second-order valence-corrected chi connectivity index (χ2v) is 12.8. The van der Waals surface area contributed by atoms with Crippen LogP contribution in [-0.4, -0.2) is 0 Å². The van der Waals surface area contributed by atoms with Gasteiger partial charge in [-0.05, 0) is 71.0 Å². The Hall–Kier alpha value is -3.04. The highest BCUT2D eigenvalue weighted by Crippen LogP contribution is 2.49. The summed E-state index contributed by atoms with van der Waals surface area (Å²) < 4.78 is 20.1. The Balaban J connectivity index is 1.65. The number of rotatable bonds is 2. The number of hydrogen-bond donors (Lipinski definition) is 0. The minimum atomic E-state index is -0.148. The summed E-state index contributed by atoms with van der Waals surface area (Å²) in [6.07, 6.45) is 4.40. The number of halogens is 1. The van der Waals surface area contributed by atoms with E-state index in [2.05, 4.69) is 101 Å². The maximum atomic E-state index is 15.7. The van der Waals surface area contributed by atoms with Crippen molar-refractivity contribution in [1.29, 1.82) is 0 Å². The Morgan fingerprint density at radius 2 is 1.44 bits per heavy atom. The standard InChI is InChI=1S/C33H33FNS/c1-20-10-12-22-23-13-15-26(34)29(31(23)36-30(22)28(20)27-9-7-8-18-35(27)6)21-11-14-24-25(19-21)33(4,5)17-16-32(24,2)3/h7-15,18-19H,16-17H2,1-6H3/q+1. The highest BCUT2D eigenvalue weighted by molar-refractivity contribution is 7.26. The molecule has 0 amide bonds. The lowest BCUT2D eigenvalue weighted by Crippen LogP contribution is -2.33. The van der Waals surface area contributed by atoms with Crippen LogP contribution in [0.2, 0.25) is 0 Å². The average molecular weight is 495 g/mol. The van der Waals surface area contributed by atoms with Gasteiger partial charge in [-0.1, -0.05) is 58.0 Å². The summed E-state index contributed by atoms with van der Waals surface area (Å²) in [5, 5.41) is 2.32. The first-order valence-electron chi connectivity index (χ1n) is 12.8. The number of aromatic nitrogens is 1. The van der Waals surface area contributed by atoms with E-state index >= 15 is 4.39 Å². The molecule has 0 spiro atoms. The van der Waals surface area contributed by atoms with Gasteiger partial charge < -0.3 is 0 Å². The molecule has 6 rings (SSSR count). The van der Waals surface area contributed by atoms with Crippen molar-refractivity contribution in [3.63, 3.8) is 0 Å². The molecule has 1 aliphatic rings. The lowest BCUT2D eigenvalue weighted by atomic mass is 9.63. The maximum Gasteiger partial charge on any atom is 0.213 e. The lowest BCUT2D eigenvalue weighted by molar-refractivity contribution is -0.660. The fourth-order valence-corrected chi connectivity index (χ4v) is 7.56. The number of benzene rings is 3. The van der Waals surface area contributed by atoms with Crippen LogP contribution in [-0.2, 0) is 17.9 Å². The Labute approximate surface area is 217 Å². The van der Waals surface area contributed by atoms with E-state index in [9.17, 15) is 0 Å². The van der Waals surface area contributed by atoms with Crippen molar-refractivity contribution < 1.29 is 8.96 Å². The van der Waals surface area contributed by atoms with Gasteiger partial charge in [-0.25, -0.2) is 8.96 Å². The molecule has 2 aromatic heterocycles. The van der Waals surface area contributed by atoms with E-state index in [0.717, 1.165) is 27.6 Å². The van der Waals surface area contributed by atoms with Gasteiger partial charge in [-0.2, -0.15) is 0 Å². The first-order valence-corrected chi connectivity index (χ1v) is 13.6. The molecule has 0 bridgehead atoms. The molecule has 3 heteroatoms. The van der Waals surface area contributed by atoms with Gasteiger partial charge in [0.1, 0.15) is 12.9 Å². The van der Waals surface area contributed by atoms with E-state index < -0.39 is 0 Å². The summed E-state index contributed by atoms with van der Waals surface area (Å²) in [5.41, 5.74) is 8.34. The van der Waals surface area contributed by atoms with Crippen molar-refractivity contribution in [2.75, 3.05) is 0 Å². The molecule has 0 saturated heterocycles. The van der Waals surface area contributed by atoms with Crippen molar-refractivity contribution in [2.45, 2.75) is 58.3 Å². The van der Waals surface area contributed by atoms with Crippen molar-refractivity contribution in [3.8, 4) is 22.4 Å². The summed E-state index contributed by atoms with van der Waals surface area (Å²) >= 11 is 1.73. The zero-order chi connectivity index (χ0) is 25.4. The molecule has 0 atom stereocenters. The number of fused-ring (bicyclic) bond motifs is 4. The Morgan fingerprint density at radius 1 is 0.778 bits per heavy atom. The van der Waals surface area contributed by atoms with E-state index in [1.807, 2.05) is 6.07 Å². The zero-order valence-corrected chi connectivity index (χ0v) is 22.8. The highest BCUT2D eigenvalue weighted by Gasteiger charge is 2.37. The number of thiophene rings is 1. The fourth-order valence-electron chi connectivity index (χ4n) is 6.09. The largest absolute Gasteiger partial charge is 0.213 e. The molecule has 0 fully saturated rings. The zero-order valence-electron chi connectivity index (χ0n) is 22.0. The van der Waals surface area contributed by atoms with Gasteiger partial charge in [-0.15, -0.1) is 11.3 Å². The SMILES string of the molecule is Cc1ccc2c(sc3c(-c4ccc5c(c4)C(C)(C)CCC5(C)C)c(F)ccc32)c1-c1cccc[n+]1C. The Bertz CT molecular complexity index is 1670. The van der Waals surface area contributed by atoms with Gasteiger partial charge in [0.05, 0.1) is 5.56 Å². The molecular formula is C33H33FNS+. The van der Waals surface area contributed by atoms with Crippen LogP contribution in [0.4, 0.5) is 4.39 Å². The molecule has 3 aromatic carbocycles. The van der Waals surface area contributed by atoms with Gasteiger partial charge in [0.25, 0.3) is 0 Å². The number of nitrogens with zero attached hydrogens (tertiary/aromatic N) is 1. The third-order valence-electron chi connectivity index (χ3n) is 8.42. The Morgan fingerprint density at radius 3 is 2.17 bits per heavy atom. The van der Waals surface area contributed by atoms with Crippen molar-refractivity contribution >= 4 is 31.5 Å². The van der Waals surface area contributed by atoms with Crippen molar-refractivity contribution in [3.05, 3.63) is 89.4 Å². The summed E-state index contributed by atoms with van der Waals surface area (Å²) in [6.45, 7) is 11.5. The van der Waals surface area contributed by atoms with Gasteiger partial charge in [0.2, 0.25) is 5.69 Å². The first-order chi connectivity index (χ1) is 17.1. The second kappa shape index (κ2) is 7.98. The number of pyridine rings is 1. The predicted molar refractivity (Wildman–Crippen MR) is 151 cm³/mol. The first kappa shape index (κ1) is 23.4. The van der Waals surface area contributed by atoms with Crippen molar-refractivity contribution in [2.24, 2.45) is 7.05 Å². The van der Waals surface area contributed by atoms with E-state index in [1.54, 1.807) is 17.4 Å². The van der Waals surface area contributed by atoms with Gasteiger partial charge in [0.15, 0.2) is 6.20 Å². The Kier molecular flexibility index (Phi) is 5.18. The smallest absolute Gasteiger partial charge is 0.206 e. The topological polar surface area (TPSA) is 3.88 Å². The third-order valence-corrected chi connectivity index (χ3v) is 9.68. The molecule has 0 radical (unpaired) electrons.